The second-order valence-corrected chi connectivity index (χ2v) is 11.3. The number of halogens is 2. The van der Waals surface area contributed by atoms with Crippen LogP contribution in [0.4, 0.5) is 4.39 Å². The number of hydrogen-bond donors (Lipinski definition) is 0. The van der Waals surface area contributed by atoms with Crippen molar-refractivity contribution in [3.63, 3.8) is 0 Å². The Morgan fingerprint density at radius 2 is 1.88 bits per heavy atom. The van der Waals surface area contributed by atoms with Crippen molar-refractivity contribution in [2.45, 2.75) is 50.6 Å². The summed E-state index contributed by atoms with van der Waals surface area (Å²) in [5.41, 5.74) is 0.692. The summed E-state index contributed by atoms with van der Waals surface area (Å²) >= 11 is 3.41. The second-order valence-electron chi connectivity index (χ2n) is 10.6. The van der Waals surface area contributed by atoms with Gasteiger partial charge < -0.3 is 4.90 Å². The average molecular weight is 502 g/mol. The van der Waals surface area contributed by atoms with Crippen LogP contribution in [-0.4, -0.2) is 56.7 Å². The lowest BCUT2D eigenvalue weighted by Gasteiger charge is -2.61. The molecule has 32 heavy (non-hydrogen) atoms. The monoisotopic (exact) mass is 501 g/mol. The minimum Gasteiger partial charge on any atom is -0.340 e. The molecule has 170 valence electrons. The van der Waals surface area contributed by atoms with E-state index in [-0.39, 0.29) is 16.8 Å². The van der Waals surface area contributed by atoms with E-state index in [2.05, 4.69) is 40.5 Å². The summed E-state index contributed by atoms with van der Waals surface area (Å²) in [6.07, 6.45) is 8.30. The zero-order valence-corrected chi connectivity index (χ0v) is 19.8. The van der Waals surface area contributed by atoms with Gasteiger partial charge in [-0.05, 0) is 84.0 Å². The molecule has 4 bridgehead atoms. The van der Waals surface area contributed by atoms with Crippen LogP contribution in [0.5, 0.6) is 0 Å². The van der Waals surface area contributed by atoms with Crippen LogP contribution in [0, 0.1) is 23.1 Å². The Morgan fingerprint density at radius 1 is 1.12 bits per heavy atom. The molecule has 6 nitrogen and oxygen atoms in total. The van der Waals surface area contributed by atoms with Crippen LogP contribution in [0.3, 0.4) is 0 Å². The molecule has 0 N–H and O–H groups in total. The van der Waals surface area contributed by atoms with Gasteiger partial charge in [0.05, 0.1) is 11.0 Å². The van der Waals surface area contributed by atoms with Crippen LogP contribution >= 0.6 is 15.9 Å². The smallest absolute Gasteiger partial charge is 0.228 e. The first kappa shape index (κ1) is 20.8. The van der Waals surface area contributed by atoms with Crippen LogP contribution < -0.4 is 0 Å². The first-order valence-corrected chi connectivity index (χ1v) is 12.6. The third-order valence-corrected chi connectivity index (χ3v) is 8.75. The van der Waals surface area contributed by atoms with Gasteiger partial charge in [0.25, 0.3) is 0 Å². The van der Waals surface area contributed by atoms with Gasteiger partial charge in [-0.15, -0.1) is 5.10 Å². The number of rotatable bonds is 4. The number of piperazine rings is 1. The van der Waals surface area contributed by atoms with Crippen LogP contribution in [0.1, 0.15) is 44.1 Å². The molecule has 1 saturated heterocycles. The zero-order chi connectivity index (χ0) is 21.9. The predicted octanol–water partition coefficient (Wildman–Crippen LogP) is 3.82. The summed E-state index contributed by atoms with van der Waals surface area (Å²) in [6, 6.07) is 6.82. The standard InChI is InChI=1S/C24H29BrFN5O/c25-22-27-16-31(28-22)24-12-18-8-19(13-24)11-23(10-18,15-24)21(32)30-6-4-29(5-7-30)14-17-2-1-3-20(26)9-17/h1-3,9,16,18-19H,4-8,10-15H2. The first-order valence-electron chi connectivity index (χ1n) is 11.8. The van der Waals surface area contributed by atoms with E-state index >= 15 is 0 Å². The summed E-state index contributed by atoms with van der Waals surface area (Å²) in [5, 5.41) is 4.62. The lowest BCUT2D eigenvalue weighted by Crippen LogP contribution is -2.62. The molecule has 1 aromatic carbocycles. The van der Waals surface area contributed by atoms with Crippen molar-refractivity contribution in [2.24, 2.45) is 17.3 Å². The fourth-order valence-corrected chi connectivity index (χ4v) is 7.80. The van der Waals surface area contributed by atoms with Crippen molar-refractivity contribution in [3.05, 3.63) is 46.7 Å². The SMILES string of the molecule is O=C(N1CCN(Cc2cccc(F)c2)CC1)C12CC3CC(C1)CC(n1cnc(Br)n1)(C3)C2. The number of amides is 1. The lowest BCUT2D eigenvalue weighted by molar-refractivity contribution is -0.168. The van der Waals surface area contributed by atoms with E-state index in [4.69, 9.17) is 0 Å². The van der Waals surface area contributed by atoms with Gasteiger partial charge in [-0.25, -0.2) is 14.1 Å². The molecular weight excluding hydrogens is 473 g/mol. The Labute approximate surface area is 196 Å². The molecule has 0 spiro atoms. The molecule has 0 radical (unpaired) electrons. The largest absolute Gasteiger partial charge is 0.340 e. The van der Waals surface area contributed by atoms with Crippen LogP contribution in [-0.2, 0) is 16.9 Å². The minimum absolute atomic E-state index is 0.0576. The molecular formula is C24H29BrFN5O. The molecule has 1 aromatic heterocycles. The topological polar surface area (TPSA) is 54.3 Å². The molecule has 5 fully saturated rings. The van der Waals surface area contributed by atoms with Crippen molar-refractivity contribution in [3.8, 4) is 0 Å². The number of benzene rings is 1. The number of hydrogen-bond acceptors (Lipinski definition) is 4. The molecule has 7 rings (SSSR count). The summed E-state index contributed by atoms with van der Waals surface area (Å²) < 4.78 is 16.2. The van der Waals surface area contributed by atoms with E-state index in [9.17, 15) is 9.18 Å². The molecule has 5 aliphatic rings. The third kappa shape index (κ3) is 3.50. The van der Waals surface area contributed by atoms with Gasteiger partial charge in [-0.1, -0.05) is 12.1 Å². The normalized spacial score (nSPS) is 34.2. The molecule has 4 aliphatic carbocycles. The average Bonchev–Trinajstić information content (AvgIpc) is 3.20. The maximum Gasteiger partial charge on any atom is 0.228 e. The number of aromatic nitrogens is 3. The van der Waals surface area contributed by atoms with Gasteiger partial charge in [0.15, 0.2) is 0 Å². The van der Waals surface area contributed by atoms with Gasteiger partial charge in [0.2, 0.25) is 10.6 Å². The quantitative estimate of drug-likeness (QED) is 0.638. The molecule has 2 heterocycles. The minimum atomic E-state index is -0.243. The van der Waals surface area contributed by atoms with Gasteiger partial charge in [0, 0.05) is 32.7 Å². The zero-order valence-electron chi connectivity index (χ0n) is 18.2. The van der Waals surface area contributed by atoms with Gasteiger partial charge in [-0.3, -0.25) is 9.69 Å². The third-order valence-electron chi connectivity index (χ3n) is 8.39. The Balaban J connectivity index is 1.17. The highest BCUT2D eigenvalue weighted by molar-refractivity contribution is 9.10. The van der Waals surface area contributed by atoms with Crippen molar-refractivity contribution in [2.75, 3.05) is 26.2 Å². The Morgan fingerprint density at radius 3 is 2.53 bits per heavy atom. The lowest BCUT2D eigenvalue weighted by atomic mass is 9.46. The van der Waals surface area contributed by atoms with Crippen LogP contribution in [0.15, 0.2) is 35.3 Å². The molecule has 2 unspecified atom stereocenters. The Hall–Kier alpha value is -1.80. The van der Waals surface area contributed by atoms with E-state index in [1.807, 2.05) is 12.4 Å². The highest BCUT2D eigenvalue weighted by Crippen LogP contribution is 2.64. The molecule has 4 saturated carbocycles. The molecule has 1 aliphatic heterocycles. The van der Waals surface area contributed by atoms with E-state index in [0.29, 0.717) is 22.5 Å². The van der Waals surface area contributed by atoms with E-state index < -0.39 is 0 Å². The van der Waals surface area contributed by atoms with E-state index in [1.165, 1.54) is 12.5 Å². The maximum atomic E-state index is 13.9. The fourth-order valence-electron chi connectivity index (χ4n) is 7.54. The van der Waals surface area contributed by atoms with Crippen LogP contribution in [0.25, 0.3) is 0 Å². The number of carbonyl (C=O) groups excluding carboxylic acids is 1. The highest BCUT2D eigenvalue weighted by atomic mass is 79.9. The molecule has 2 aromatic rings. The number of carbonyl (C=O) groups is 1. The van der Waals surface area contributed by atoms with Crippen LogP contribution in [0.2, 0.25) is 0 Å². The van der Waals surface area contributed by atoms with Gasteiger partial charge in [0.1, 0.15) is 12.1 Å². The van der Waals surface area contributed by atoms with E-state index in [1.54, 1.807) is 12.1 Å². The summed E-state index contributed by atoms with van der Waals surface area (Å²) in [6.45, 7) is 3.93. The molecule has 8 heteroatoms. The van der Waals surface area contributed by atoms with Gasteiger partial charge in [-0.2, -0.15) is 0 Å². The van der Waals surface area contributed by atoms with Crippen molar-refractivity contribution < 1.29 is 9.18 Å². The van der Waals surface area contributed by atoms with Crippen molar-refractivity contribution in [1.82, 2.24) is 24.6 Å². The van der Waals surface area contributed by atoms with Gasteiger partial charge >= 0.3 is 0 Å². The van der Waals surface area contributed by atoms with Crippen molar-refractivity contribution in [1.29, 1.82) is 0 Å². The second kappa shape index (κ2) is 7.62. The Kier molecular flexibility index (Phi) is 4.95. The summed E-state index contributed by atoms with van der Waals surface area (Å²) in [4.78, 5) is 22.7. The first-order chi connectivity index (χ1) is 15.4. The maximum absolute atomic E-state index is 13.9. The van der Waals surface area contributed by atoms with E-state index in [0.717, 1.165) is 70.4 Å². The summed E-state index contributed by atoms with van der Waals surface area (Å²) in [7, 11) is 0. The van der Waals surface area contributed by atoms with Crippen molar-refractivity contribution >= 4 is 21.8 Å². The summed E-state index contributed by atoms with van der Waals surface area (Å²) in [5.74, 6) is 1.39. The molecule has 2 atom stereocenters. The highest BCUT2D eigenvalue weighted by Gasteiger charge is 2.62. The Bertz CT molecular complexity index is 1020. The number of nitrogens with zero attached hydrogens (tertiary/aromatic N) is 5. The predicted molar refractivity (Wildman–Crippen MR) is 121 cm³/mol. The fraction of sp³-hybridized carbons (Fsp3) is 0.625. The molecule has 1 amide bonds.